The number of amides is 1. The lowest BCUT2D eigenvalue weighted by Crippen LogP contribution is -2.20. The molecular formula is C23H23NO5. The molecule has 6 heteroatoms. The first-order chi connectivity index (χ1) is 14.2. The molecule has 0 unspecified atom stereocenters. The number of carbonyl (C=O) groups excluding carboxylic acids is 1. The number of anilines is 1. The van der Waals surface area contributed by atoms with Crippen LogP contribution in [0.4, 0.5) is 5.69 Å². The topological polar surface area (TPSA) is 77.8 Å². The second kappa shape index (κ2) is 8.39. The number of hydrogen-bond acceptors (Lipinski definition) is 5. The van der Waals surface area contributed by atoms with Crippen molar-refractivity contribution in [2.24, 2.45) is 0 Å². The summed E-state index contributed by atoms with van der Waals surface area (Å²) in [5.74, 6) is 0.786. The minimum Gasteiger partial charge on any atom is -0.492 e. The van der Waals surface area contributed by atoms with Crippen LogP contribution in [0.1, 0.15) is 30.9 Å². The standard InChI is InChI=1S/C23H23NO5/c1-2-27-20-10-6-5-9-19(20)24-22(25)14-28-15-11-12-17-16-7-3-4-8-18(16)23(26)29-21(17)13-15/h5-6,9-13H,2-4,7-8,14H2,1H3,(H,24,25). The highest BCUT2D eigenvalue weighted by Gasteiger charge is 2.18. The fourth-order valence-corrected chi connectivity index (χ4v) is 3.70. The van der Waals surface area contributed by atoms with Gasteiger partial charge in [0.15, 0.2) is 6.61 Å². The Morgan fingerprint density at radius 2 is 1.86 bits per heavy atom. The molecule has 150 valence electrons. The molecule has 0 aliphatic heterocycles. The number of para-hydroxylation sites is 2. The van der Waals surface area contributed by atoms with E-state index in [0.717, 1.165) is 42.2 Å². The Morgan fingerprint density at radius 3 is 2.69 bits per heavy atom. The summed E-state index contributed by atoms with van der Waals surface area (Å²) < 4.78 is 16.6. The molecule has 0 spiro atoms. The molecule has 0 atom stereocenters. The maximum Gasteiger partial charge on any atom is 0.339 e. The summed E-state index contributed by atoms with van der Waals surface area (Å²) in [6, 6.07) is 12.6. The third-order valence-electron chi connectivity index (χ3n) is 5.03. The van der Waals surface area contributed by atoms with Crippen molar-refractivity contribution in [1.29, 1.82) is 0 Å². The van der Waals surface area contributed by atoms with Crippen LogP contribution in [0, 0.1) is 0 Å². The van der Waals surface area contributed by atoms with Crippen LogP contribution in [0.5, 0.6) is 11.5 Å². The van der Waals surface area contributed by atoms with Gasteiger partial charge in [0.05, 0.1) is 12.3 Å². The van der Waals surface area contributed by atoms with Gasteiger partial charge in [-0.1, -0.05) is 12.1 Å². The van der Waals surface area contributed by atoms with Crippen LogP contribution in [0.25, 0.3) is 11.0 Å². The average molecular weight is 393 g/mol. The minimum absolute atomic E-state index is 0.166. The van der Waals surface area contributed by atoms with E-state index < -0.39 is 0 Å². The highest BCUT2D eigenvalue weighted by atomic mass is 16.5. The minimum atomic E-state index is -0.302. The molecule has 1 N–H and O–H groups in total. The zero-order valence-electron chi connectivity index (χ0n) is 16.3. The van der Waals surface area contributed by atoms with Crippen LogP contribution in [-0.2, 0) is 17.6 Å². The van der Waals surface area contributed by atoms with E-state index in [1.807, 2.05) is 25.1 Å². The fraction of sp³-hybridized carbons (Fsp3) is 0.304. The molecule has 0 radical (unpaired) electrons. The summed E-state index contributed by atoms with van der Waals surface area (Å²) in [5.41, 5.74) is 2.70. The van der Waals surface area contributed by atoms with E-state index in [0.29, 0.717) is 29.4 Å². The third-order valence-corrected chi connectivity index (χ3v) is 5.03. The van der Waals surface area contributed by atoms with Crippen molar-refractivity contribution < 1.29 is 18.7 Å². The van der Waals surface area contributed by atoms with Gasteiger partial charge in [-0.05, 0) is 62.4 Å². The van der Waals surface area contributed by atoms with Crippen molar-refractivity contribution in [3.8, 4) is 11.5 Å². The van der Waals surface area contributed by atoms with E-state index in [-0.39, 0.29) is 18.1 Å². The van der Waals surface area contributed by atoms with E-state index in [1.165, 1.54) is 0 Å². The largest absolute Gasteiger partial charge is 0.492 e. The second-order valence-corrected chi connectivity index (χ2v) is 6.98. The highest BCUT2D eigenvalue weighted by molar-refractivity contribution is 5.93. The van der Waals surface area contributed by atoms with E-state index in [4.69, 9.17) is 13.9 Å². The first-order valence-corrected chi connectivity index (χ1v) is 9.89. The molecule has 6 nitrogen and oxygen atoms in total. The molecule has 3 aromatic rings. The Balaban J connectivity index is 1.47. The summed E-state index contributed by atoms with van der Waals surface area (Å²) in [4.78, 5) is 24.5. The number of benzene rings is 2. The first-order valence-electron chi connectivity index (χ1n) is 9.89. The van der Waals surface area contributed by atoms with Gasteiger partial charge >= 0.3 is 5.63 Å². The van der Waals surface area contributed by atoms with Gasteiger partial charge in [0, 0.05) is 17.0 Å². The van der Waals surface area contributed by atoms with Gasteiger partial charge in [0.25, 0.3) is 5.91 Å². The molecule has 0 fully saturated rings. The van der Waals surface area contributed by atoms with E-state index in [9.17, 15) is 9.59 Å². The third kappa shape index (κ3) is 4.11. The van der Waals surface area contributed by atoms with Gasteiger partial charge in [-0.25, -0.2) is 4.79 Å². The average Bonchev–Trinajstić information content (AvgIpc) is 2.74. The summed E-state index contributed by atoms with van der Waals surface area (Å²) in [7, 11) is 0. The van der Waals surface area contributed by atoms with Crippen LogP contribution in [0.3, 0.4) is 0 Å². The zero-order chi connectivity index (χ0) is 20.2. The monoisotopic (exact) mass is 393 g/mol. The van der Waals surface area contributed by atoms with Crippen LogP contribution in [-0.4, -0.2) is 19.1 Å². The number of rotatable bonds is 6. The predicted molar refractivity (Wildman–Crippen MR) is 111 cm³/mol. The van der Waals surface area contributed by atoms with Crippen LogP contribution >= 0.6 is 0 Å². The summed E-state index contributed by atoms with van der Waals surface area (Å²) in [6.07, 6.45) is 3.76. The van der Waals surface area contributed by atoms with Crippen molar-refractivity contribution in [3.05, 3.63) is 64.0 Å². The SMILES string of the molecule is CCOc1ccccc1NC(=O)COc1ccc2c3c(c(=O)oc2c1)CCCC3. The Labute approximate surface area is 168 Å². The molecule has 1 aliphatic carbocycles. The molecule has 0 bridgehead atoms. The molecule has 1 amide bonds. The van der Waals surface area contributed by atoms with Crippen molar-refractivity contribution in [3.63, 3.8) is 0 Å². The van der Waals surface area contributed by atoms with Crippen molar-refractivity contribution in [2.75, 3.05) is 18.5 Å². The number of hydrogen-bond donors (Lipinski definition) is 1. The maximum absolute atomic E-state index is 12.3. The molecule has 0 saturated heterocycles. The Morgan fingerprint density at radius 1 is 1.07 bits per heavy atom. The molecular weight excluding hydrogens is 370 g/mol. The number of carbonyl (C=O) groups is 1. The van der Waals surface area contributed by atoms with Crippen molar-refractivity contribution in [2.45, 2.75) is 32.6 Å². The van der Waals surface area contributed by atoms with Crippen LogP contribution in [0.2, 0.25) is 0 Å². The van der Waals surface area contributed by atoms with Gasteiger partial charge in [-0.2, -0.15) is 0 Å². The molecule has 1 aromatic heterocycles. The van der Waals surface area contributed by atoms with Gasteiger partial charge in [0.2, 0.25) is 0 Å². The molecule has 1 heterocycles. The van der Waals surface area contributed by atoms with E-state index in [1.54, 1.807) is 24.3 Å². The smallest absolute Gasteiger partial charge is 0.339 e. The molecule has 1 aliphatic rings. The van der Waals surface area contributed by atoms with E-state index in [2.05, 4.69) is 5.32 Å². The van der Waals surface area contributed by atoms with Gasteiger partial charge in [0.1, 0.15) is 17.1 Å². The lowest BCUT2D eigenvalue weighted by molar-refractivity contribution is -0.118. The molecule has 2 aromatic carbocycles. The van der Waals surface area contributed by atoms with E-state index >= 15 is 0 Å². The van der Waals surface area contributed by atoms with Crippen LogP contribution < -0.4 is 20.4 Å². The van der Waals surface area contributed by atoms with Crippen LogP contribution in [0.15, 0.2) is 51.7 Å². The normalized spacial score (nSPS) is 13.0. The molecule has 29 heavy (non-hydrogen) atoms. The lowest BCUT2D eigenvalue weighted by Gasteiger charge is -2.16. The summed E-state index contributed by atoms with van der Waals surface area (Å²) in [5, 5.41) is 3.74. The highest BCUT2D eigenvalue weighted by Crippen LogP contribution is 2.29. The number of aryl methyl sites for hydroxylation is 1. The Hall–Kier alpha value is -3.28. The fourth-order valence-electron chi connectivity index (χ4n) is 3.70. The lowest BCUT2D eigenvalue weighted by atomic mass is 9.91. The first kappa shape index (κ1) is 19.1. The van der Waals surface area contributed by atoms with Gasteiger partial charge < -0.3 is 19.2 Å². The Bertz CT molecular complexity index is 1100. The quantitative estimate of drug-likeness (QED) is 0.638. The molecule has 0 saturated carbocycles. The number of fused-ring (bicyclic) bond motifs is 3. The summed E-state index contributed by atoms with van der Waals surface area (Å²) in [6.45, 7) is 2.23. The van der Waals surface area contributed by atoms with Gasteiger partial charge in [-0.3, -0.25) is 4.79 Å². The second-order valence-electron chi connectivity index (χ2n) is 6.98. The molecule has 4 rings (SSSR count). The Kier molecular flexibility index (Phi) is 5.51. The predicted octanol–water partition coefficient (Wildman–Crippen LogP) is 4.09. The summed E-state index contributed by atoms with van der Waals surface area (Å²) >= 11 is 0. The zero-order valence-corrected chi connectivity index (χ0v) is 16.3. The van der Waals surface area contributed by atoms with Crippen molar-refractivity contribution in [1.82, 2.24) is 0 Å². The van der Waals surface area contributed by atoms with Crippen molar-refractivity contribution >= 4 is 22.6 Å². The number of nitrogens with one attached hydrogen (secondary N) is 1. The maximum atomic E-state index is 12.3. The number of ether oxygens (including phenoxy) is 2. The van der Waals surface area contributed by atoms with Gasteiger partial charge in [-0.15, -0.1) is 0 Å².